The molecule has 9 heteroatoms. The Labute approximate surface area is 148 Å². The third-order valence-corrected chi connectivity index (χ3v) is 5.66. The van der Waals surface area contributed by atoms with Gasteiger partial charge >= 0.3 is 0 Å². The van der Waals surface area contributed by atoms with E-state index in [1.807, 2.05) is 0 Å². The Morgan fingerprint density at radius 1 is 1.16 bits per heavy atom. The van der Waals surface area contributed by atoms with E-state index in [1.165, 1.54) is 36.7 Å². The molecule has 0 amide bonds. The summed E-state index contributed by atoms with van der Waals surface area (Å²) in [6, 6.07) is 8.71. The van der Waals surface area contributed by atoms with E-state index in [9.17, 15) is 18.5 Å². The molecule has 1 heterocycles. The zero-order chi connectivity index (χ0) is 18.2. The number of benzene rings is 2. The summed E-state index contributed by atoms with van der Waals surface area (Å²) in [4.78, 5) is 14.5. The lowest BCUT2D eigenvalue weighted by Crippen LogP contribution is -2.14. The molecule has 128 valence electrons. The minimum Gasteiger partial charge on any atom is -0.279 e. The zero-order valence-corrected chi connectivity index (χ0v) is 14.5. The number of nitro groups is 1. The first-order valence-corrected chi connectivity index (χ1v) is 8.96. The van der Waals surface area contributed by atoms with Crippen LogP contribution < -0.4 is 4.72 Å². The highest BCUT2D eigenvalue weighted by atomic mass is 35.5. The van der Waals surface area contributed by atoms with Crippen LogP contribution in [-0.4, -0.2) is 18.3 Å². The first-order valence-electron chi connectivity index (χ1n) is 7.10. The van der Waals surface area contributed by atoms with E-state index in [1.54, 1.807) is 19.1 Å². The van der Waals surface area contributed by atoms with Crippen molar-refractivity contribution in [3.05, 3.63) is 69.5 Å². The number of fused-ring (bicyclic) bond motifs is 1. The number of hydrogen-bond donors (Lipinski definition) is 1. The standard InChI is InChI=1S/C16H12ClN3O4S/c1-10-13(17)3-2-4-16(10)25(23,24)19-14-5-6-15(20(21)22)12-9-18-8-7-11(12)14/h2-9,19H,1H3. The summed E-state index contributed by atoms with van der Waals surface area (Å²) in [6.07, 6.45) is 2.77. The highest BCUT2D eigenvalue weighted by Gasteiger charge is 2.21. The van der Waals surface area contributed by atoms with Gasteiger partial charge in [-0.25, -0.2) is 8.42 Å². The molecule has 25 heavy (non-hydrogen) atoms. The molecule has 0 radical (unpaired) electrons. The Bertz CT molecular complexity index is 1100. The summed E-state index contributed by atoms with van der Waals surface area (Å²) in [5.74, 6) is 0. The Balaban J connectivity index is 2.14. The van der Waals surface area contributed by atoms with E-state index in [4.69, 9.17) is 11.6 Å². The van der Waals surface area contributed by atoms with Crippen LogP contribution in [0.1, 0.15) is 5.56 Å². The fraction of sp³-hybridized carbons (Fsp3) is 0.0625. The average molecular weight is 378 g/mol. The lowest BCUT2D eigenvalue weighted by molar-refractivity contribution is -0.383. The van der Waals surface area contributed by atoms with Gasteiger partial charge in [-0.2, -0.15) is 0 Å². The molecule has 0 aliphatic heterocycles. The highest BCUT2D eigenvalue weighted by Crippen LogP contribution is 2.32. The van der Waals surface area contributed by atoms with Crippen LogP contribution in [0.25, 0.3) is 10.8 Å². The van der Waals surface area contributed by atoms with Crippen molar-refractivity contribution in [3.63, 3.8) is 0 Å². The Morgan fingerprint density at radius 2 is 1.92 bits per heavy atom. The molecule has 7 nitrogen and oxygen atoms in total. The molecule has 0 atom stereocenters. The van der Waals surface area contributed by atoms with Crippen molar-refractivity contribution in [1.29, 1.82) is 0 Å². The number of aromatic nitrogens is 1. The smallest absolute Gasteiger partial charge is 0.278 e. The van der Waals surface area contributed by atoms with Gasteiger partial charge in [-0.3, -0.25) is 19.8 Å². The fourth-order valence-corrected chi connectivity index (χ4v) is 4.08. The number of halogens is 1. The second kappa shape index (κ2) is 6.30. The molecule has 0 saturated heterocycles. The summed E-state index contributed by atoms with van der Waals surface area (Å²) in [5, 5.41) is 12.1. The van der Waals surface area contributed by atoms with Crippen LogP contribution in [0.2, 0.25) is 5.02 Å². The van der Waals surface area contributed by atoms with Crippen molar-refractivity contribution < 1.29 is 13.3 Å². The summed E-state index contributed by atoms with van der Waals surface area (Å²) in [5.41, 5.74) is 0.497. The van der Waals surface area contributed by atoms with Crippen molar-refractivity contribution in [1.82, 2.24) is 4.98 Å². The SMILES string of the molecule is Cc1c(Cl)cccc1S(=O)(=O)Nc1ccc([N+](=O)[O-])c2cnccc12. The molecule has 3 aromatic rings. The topological polar surface area (TPSA) is 102 Å². The molecule has 0 aliphatic rings. The molecule has 1 N–H and O–H groups in total. The number of sulfonamides is 1. The number of nitro benzene ring substituents is 1. The number of nitrogens with zero attached hydrogens (tertiary/aromatic N) is 2. The number of hydrogen-bond acceptors (Lipinski definition) is 5. The van der Waals surface area contributed by atoms with E-state index >= 15 is 0 Å². The maximum Gasteiger partial charge on any atom is 0.278 e. The Kier molecular flexibility index (Phi) is 4.32. The molecule has 2 aromatic carbocycles. The van der Waals surface area contributed by atoms with Crippen molar-refractivity contribution >= 4 is 43.8 Å². The summed E-state index contributed by atoms with van der Waals surface area (Å²) < 4.78 is 27.9. The number of anilines is 1. The van der Waals surface area contributed by atoms with Gasteiger partial charge in [-0.05, 0) is 36.8 Å². The first kappa shape index (κ1) is 17.1. The minimum absolute atomic E-state index is 0.0422. The van der Waals surface area contributed by atoms with Crippen LogP contribution in [0.3, 0.4) is 0 Å². The van der Waals surface area contributed by atoms with E-state index in [2.05, 4.69) is 9.71 Å². The van der Waals surface area contributed by atoms with Gasteiger partial charge in [0.25, 0.3) is 15.7 Å². The number of pyridine rings is 1. The quantitative estimate of drug-likeness (QED) is 0.548. The molecular weight excluding hydrogens is 366 g/mol. The third-order valence-electron chi connectivity index (χ3n) is 3.74. The van der Waals surface area contributed by atoms with Gasteiger partial charge in [0.15, 0.2) is 0 Å². The van der Waals surface area contributed by atoms with Crippen LogP contribution >= 0.6 is 11.6 Å². The fourth-order valence-electron chi connectivity index (χ4n) is 2.50. The largest absolute Gasteiger partial charge is 0.279 e. The van der Waals surface area contributed by atoms with Gasteiger partial charge in [-0.1, -0.05) is 17.7 Å². The monoisotopic (exact) mass is 377 g/mol. The van der Waals surface area contributed by atoms with E-state index in [-0.39, 0.29) is 21.7 Å². The van der Waals surface area contributed by atoms with E-state index < -0.39 is 14.9 Å². The predicted molar refractivity (Wildman–Crippen MR) is 95.4 cm³/mol. The molecular formula is C16H12ClN3O4S. The average Bonchev–Trinajstić information content (AvgIpc) is 2.57. The van der Waals surface area contributed by atoms with Crippen LogP contribution in [0.4, 0.5) is 11.4 Å². The van der Waals surface area contributed by atoms with Gasteiger partial charge in [0.05, 0.1) is 20.9 Å². The molecule has 0 spiro atoms. The minimum atomic E-state index is -3.92. The second-order valence-electron chi connectivity index (χ2n) is 5.28. The van der Waals surface area contributed by atoms with Crippen molar-refractivity contribution in [2.75, 3.05) is 4.72 Å². The maximum absolute atomic E-state index is 12.7. The van der Waals surface area contributed by atoms with Crippen LogP contribution in [0, 0.1) is 17.0 Å². The number of nitrogens with one attached hydrogen (secondary N) is 1. The lowest BCUT2D eigenvalue weighted by atomic mass is 10.1. The Hall–Kier alpha value is -2.71. The van der Waals surface area contributed by atoms with Gasteiger partial charge < -0.3 is 0 Å². The summed E-state index contributed by atoms with van der Waals surface area (Å²) in [6.45, 7) is 1.61. The normalized spacial score (nSPS) is 11.4. The lowest BCUT2D eigenvalue weighted by Gasteiger charge is -2.13. The van der Waals surface area contributed by atoms with Gasteiger partial charge in [0.2, 0.25) is 0 Å². The van der Waals surface area contributed by atoms with Crippen molar-refractivity contribution in [3.8, 4) is 0 Å². The van der Waals surface area contributed by atoms with E-state index in [0.29, 0.717) is 16.0 Å². The van der Waals surface area contributed by atoms with Crippen LogP contribution in [0.5, 0.6) is 0 Å². The van der Waals surface area contributed by atoms with Gasteiger partial charge in [-0.15, -0.1) is 0 Å². The van der Waals surface area contributed by atoms with Gasteiger partial charge in [0, 0.05) is 28.9 Å². The van der Waals surface area contributed by atoms with Crippen molar-refractivity contribution in [2.45, 2.75) is 11.8 Å². The van der Waals surface area contributed by atoms with Gasteiger partial charge in [0.1, 0.15) is 0 Å². The molecule has 0 saturated carbocycles. The van der Waals surface area contributed by atoms with E-state index in [0.717, 1.165) is 0 Å². The molecule has 3 rings (SSSR count). The highest BCUT2D eigenvalue weighted by molar-refractivity contribution is 7.92. The molecule has 0 bridgehead atoms. The second-order valence-corrected chi connectivity index (χ2v) is 7.34. The summed E-state index contributed by atoms with van der Waals surface area (Å²) in [7, 11) is -3.92. The molecule has 0 aliphatic carbocycles. The molecule has 0 fully saturated rings. The zero-order valence-electron chi connectivity index (χ0n) is 12.9. The van der Waals surface area contributed by atoms with Crippen molar-refractivity contribution in [2.24, 2.45) is 0 Å². The number of rotatable bonds is 4. The molecule has 0 unspecified atom stereocenters. The first-order chi connectivity index (χ1) is 11.8. The number of non-ortho nitro benzene ring substituents is 1. The third kappa shape index (κ3) is 3.13. The summed E-state index contributed by atoms with van der Waals surface area (Å²) >= 11 is 6.00. The van der Waals surface area contributed by atoms with Crippen LogP contribution in [0.15, 0.2) is 53.7 Å². The Morgan fingerprint density at radius 3 is 2.64 bits per heavy atom. The molecule has 1 aromatic heterocycles. The maximum atomic E-state index is 12.7. The predicted octanol–water partition coefficient (Wildman–Crippen LogP) is 3.91. The van der Waals surface area contributed by atoms with Crippen LogP contribution in [-0.2, 0) is 10.0 Å².